The number of nitrogens with zero attached hydrogens (tertiary/aromatic N) is 4. The van der Waals surface area contributed by atoms with Crippen LogP contribution in [-0.4, -0.2) is 20.0 Å². The maximum absolute atomic E-state index is 12.7. The van der Waals surface area contributed by atoms with Gasteiger partial charge in [0, 0.05) is 6.20 Å². The van der Waals surface area contributed by atoms with Crippen LogP contribution in [0.2, 0.25) is 0 Å². The summed E-state index contributed by atoms with van der Waals surface area (Å²) in [4.78, 5) is 3.92. The van der Waals surface area contributed by atoms with Gasteiger partial charge in [-0.25, -0.2) is 18.4 Å². The highest BCUT2D eigenvalue weighted by atomic mass is 19.3. The van der Waals surface area contributed by atoms with Crippen LogP contribution in [0.25, 0.3) is 5.82 Å². The molecule has 0 spiro atoms. The molecule has 6 heteroatoms. The Kier molecular flexibility index (Phi) is 2.40. The van der Waals surface area contributed by atoms with Crippen LogP contribution >= 0.6 is 0 Å². The zero-order valence-electron chi connectivity index (χ0n) is 7.93. The van der Waals surface area contributed by atoms with Crippen LogP contribution < -0.4 is 0 Å². The molecular formula is C9H8F2N4. The van der Waals surface area contributed by atoms with E-state index in [0.29, 0.717) is 5.56 Å². The molecule has 0 aliphatic carbocycles. The smallest absolute Gasteiger partial charge is 0.236 e. The van der Waals surface area contributed by atoms with Gasteiger partial charge in [0.2, 0.25) is 0 Å². The molecule has 0 aliphatic heterocycles. The minimum absolute atomic E-state index is 0.119. The normalized spacial score (nSPS) is 10.9. The largest absolute Gasteiger partial charge is 0.267 e. The van der Waals surface area contributed by atoms with E-state index in [-0.39, 0.29) is 11.4 Å². The third-order valence-electron chi connectivity index (χ3n) is 1.91. The van der Waals surface area contributed by atoms with Gasteiger partial charge in [-0.15, -0.1) is 5.10 Å². The van der Waals surface area contributed by atoms with Gasteiger partial charge < -0.3 is 0 Å². The second-order valence-electron chi connectivity index (χ2n) is 3.07. The van der Waals surface area contributed by atoms with Gasteiger partial charge in [0.15, 0.2) is 5.82 Å². The van der Waals surface area contributed by atoms with Gasteiger partial charge in [-0.05, 0) is 18.6 Å². The molecular weight excluding hydrogens is 202 g/mol. The second kappa shape index (κ2) is 3.72. The van der Waals surface area contributed by atoms with Crippen molar-refractivity contribution in [1.82, 2.24) is 20.0 Å². The van der Waals surface area contributed by atoms with Crippen molar-refractivity contribution in [3.63, 3.8) is 0 Å². The summed E-state index contributed by atoms with van der Waals surface area (Å²) in [6.45, 7) is 1.71. The molecule has 0 unspecified atom stereocenters. The molecule has 0 radical (unpaired) electrons. The Hall–Kier alpha value is -1.85. The van der Waals surface area contributed by atoms with E-state index in [4.69, 9.17) is 0 Å². The minimum Gasteiger partial charge on any atom is -0.236 e. The number of alkyl halides is 2. The lowest BCUT2D eigenvalue weighted by Gasteiger charge is -2.07. The lowest BCUT2D eigenvalue weighted by atomic mass is 10.2. The Morgan fingerprint density at radius 1 is 1.40 bits per heavy atom. The number of halogens is 2. The van der Waals surface area contributed by atoms with Gasteiger partial charge in [-0.1, -0.05) is 5.21 Å². The molecule has 0 amide bonds. The molecule has 2 rings (SSSR count). The molecule has 2 aromatic heterocycles. The first-order valence-corrected chi connectivity index (χ1v) is 4.30. The molecule has 0 aromatic carbocycles. The van der Waals surface area contributed by atoms with E-state index in [1.165, 1.54) is 29.3 Å². The lowest BCUT2D eigenvalue weighted by Crippen LogP contribution is -2.04. The van der Waals surface area contributed by atoms with Crippen LogP contribution in [0.4, 0.5) is 8.78 Å². The van der Waals surface area contributed by atoms with Crippen molar-refractivity contribution in [1.29, 1.82) is 0 Å². The third kappa shape index (κ3) is 1.83. The van der Waals surface area contributed by atoms with Gasteiger partial charge >= 0.3 is 0 Å². The molecule has 15 heavy (non-hydrogen) atoms. The molecule has 0 fully saturated rings. The Morgan fingerprint density at radius 2 is 2.20 bits per heavy atom. The first-order valence-electron chi connectivity index (χ1n) is 4.30. The van der Waals surface area contributed by atoms with Crippen molar-refractivity contribution >= 4 is 0 Å². The van der Waals surface area contributed by atoms with E-state index in [2.05, 4.69) is 15.3 Å². The zero-order chi connectivity index (χ0) is 10.8. The number of hydrogen-bond donors (Lipinski definition) is 0. The van der Waals surface area contributed by atoms with Crippen LogP contribution in [0, 0.1) is 6.92 Å². The number of rotatable bonds is 2. The summed E-state index contributed by atoms with van der Waals surface area (Å²) in [7, 11) is 0. The Bertz CT molecular complexity index is 453. The van der Waals surface area contributed by atoms with Gasteiger partial charge in [-0.2, -0.15) is 0 Å². The standard InChI is InChI=1S/C9H8F2N4/c1-6-4-7(8(10)11)9(12-5-6)15-3-2-13-14-15/h2-5,8H,1H3. The summed E-state index contributed by atoms with van der Waals surface area (Å²) >= 11 is 0. The molecule has 0 aliphatic rings. The maximum Gasteiger partial charge on any atom is 0.267 e. The van der Waals surface area contributed by atoms with Crippen molar-refractivity contribution in [2.75, 3.05) is 0 Å². The van der Waals surface area contributed by atoms with E-state index in [1.54, 1.807) is 6.92 Å². The molecule has 2 heterocycles. The van der Waals surface area contributed by atoms with Gasteiger partial charge in [0.25, 0.3) is 6.43 Å². The highest BCUT2D eigenvalue weighted by Crippen LogP contribution is 2.24. The highest BCUT2D eigenvalue weighted by molar-refractivity contribution is 5.35. The number of aromatic nitrogens is 4. The Morgan fingerprint density at radius 3 is 2.80 bits per heavy atom. The average molecular weight is 210 g/mol. The van der Waals surface area contributed by atoms with Gasteiger partial charge in [0.05, 0.1) is 18.0 Å². The lowest BCUT2D eigenvalue weighted by molar-refractivity contribution is 0.150. The number of aryl methyl sites for hydroxylation is 1. The van der Waals surface area contributed by atoms with Crippen LogP contribution in [0.15, 0.2) is 24.7 Å². The van der Waals surface area contributed by atoms with E-state index in [0.717, 1.165) is 0 Å². The fourth-order valence-electron chi connectivity index (χ4n) is 1.26. The quantitative estimate of drug-likeness (QED) is 0.760. The van der Waals surface area contributed by atoms with Crippen molar-refractivity contribution in [3.05, 3.63) is 35.8 Å². The van der Waals surface area contributed by atoms with Gasteiger partial charge in [0.1, 0.15) is 0 Å². The van der Waals surface area contributed by atoms with E-state index in [1.807, 2.05) is 0 Å². The topological polar surface area (TPSA) is 43.6 Å². The van der Waals surface area contributed by atoms with Crippen LogP contribution in [0.1, 0.15) is 17.6 Å². The van der Waals surface area contributed by atoms with E-state index >= 15 is 0 Å². The van der Waals surface area contributed by atoms with Crippen molar-refractivity contribution in [2.45, 2.75) is 13.3 Å². The van der Waals surface area contributed by atoms with E-state index in [9.17, 15) is 8.78 Å². The molecule has 2 aromatic rings. The molecule has 0 saturated carbocycles. The predicted molar refractivity (Wildman–Crippen MR) is 48.8 cm³/mol. The van der Waals surface area contributed by atoms with Crippen LogP contribution in [-0.2, 0) is 0 Å². The first-order chi connectivity index (χ1) is 7.18. The van der Waals surface area contributed by atoms with Crippen molar-refractivity contribution < 1.29 is 8.78 Å². The van der Waals surface area contributed by atoms with Crippen LogP contribution in [0.5, 0.6) is 0 Å². The molecule has 4 nitrogen and oxygen atoms in total. The minimum atomic E-state index is -2.57. The summed E-state index contributed by atoms with van der Waals surface area (Å²) in [5, 5.41) is 7.18. The number of pyridine rings is 1. The Balaban J connectivity index is 2.56. The fraction of sp³-hybridized carbons (Fsp3) is 0.222. The van der Waals surface area contributed by atoms with Crippen LogP contribution in [0.3, 0.4) is 0 Å². The molecule has 0 N–H and O–H groups in total. The monoisotopic (exact) mass is 210 g/mol. The van der Waals surface area contributed by atoms with Crippen molar-refractivity contribution in [2.24, 2.45) is 0 Å². The predicted octanol–water partition coefficient (Wildman–Crippen LogP) is 1.91. The summed E-state index contributed by atoms with van der Waals surface area (Å²) in [6.07, 6.45) is 1.83. The van der Waals surface area contributed by atoms with E-state index < -0.39 is 6.43 Å². The highest BCUT2D eigenvalue weighted by Gasteiger charge is 2.16. The Labute approximate surface area is 84.6 Å². The number of hydrogen-bond acceptors (Lipinski definition) is 3. The molecule has 0 saturated heterocycles. The molecule has 0 atom stereocenters. The summed E-state index contributed by atoms with van der Waals surface area (Å²) in [5.41, 5.74) is 0.551. The summed E-state index contributed by atoms with van der Waals surface area (Å²) in [6, 6.07) is 1.40. The first kappa shape index (κ1) is 9.70. The van der Waals surface area contributed by atoms with Crippen molar-refractivity contribution in [3.8, 4) is 5.82 Å². The second-order valence-corrected chi connectivity index (χ2v) is 3.07. The average Bonchev–Trinajstić information content (AvgIpc) is 2.70. The van der Waals surface area contributed by atoms with Gasteiger partial charge in [-0.3, -0.25) is 0 Å². The SMILES string of the molecule is Cc1cnc(-n2ccnn2)c(C(F)F)c1. The third-order valence-corrected chi connectivity index (χ3v) is 1.91. The maximum atomic E-state index is 12.7. The summed E-state index contributed by atoms with van der Waals surface area (Å²) in [5.74, 6) is 0.119. The zero-order valence-corrected chi connectivity index (χ0v) is 7.93. The fourth-order valence-corrected chi connectivity index (χ4v) is 1.26. The summed E-state index contributed by atoms with van der Waals surface area (Å²) < 4.78 is 26.6. The molecule has 78 valence electrons. The molecule has 0 bridgehead atoms.